The fourth-order valence-electron chi connectivity index (χ4n) is 2.43. The summed E-state index contributed by atoms with van der Waals surface area (Å²) in [5.74, 6) is 2.42. The van der Waals surface area contributed by atoms with Crippen LogP contribution in [0.4, 0.5) is 5.95 Å². The highest BCUT2D eigenvalue weighted by molar-refractivity contribution is 5.18. The number of methoxy groups -OCH3 is 1. The maximum absolute atomic E-state index is 5.78. The number of aromatic nitrogens is 3. The van der Waals surface area contributed by atoms with E-state index in [4.69, 9.17) is 10.5 Å². The Bertz CT molecular complexity index is 391. The Morgan fingerprint density at radius 2 is 1.94 bits per heavy atom. The number of nitrogen functional groups attached to an aromatic ring is 1. The van der Waals surface area contributed by atoms with Gasteiger partial charge in [0.05, 0.1) is 6.10 Å². The molecule has 0 aliphatic heterocycles. The molecule has 1 aliphatic rings. The first kappa shape index (κ1) is 13.2. The van der Waals surface area contributed by atoms with Gasteiger partial charge in [-0.25, -0.2) is 4.98 Å². The summed E-state index contributed by atoms with van der Waals surface area (Å²) >= 11 is 0. The van der Waals surface area contributed by atoms with Gasteiger partial charge in [-0.05, 0) is 19.8 Å². The van der Waals surface area contributed by atoms with Gasteiger partial charge >= 0.3 is 0 Å². The zero-order chi connectivity index (χ0) is 13.0. The van der Waals surface area contributed by atoms with Gasteiger partial charge in [-0.15, -0.1) is 0 Å². The number of hydrogen-bond donors (Lipinski definition) is 1. The predicted octanol–water partition coefficient (Wildman–Crippen LogP) is 2.08. The summed E-state index contributed by atoms with van der Waals surface area (Å²) in [5.41, 5.74) is 5.78. The fourth-order valence-corrected chi connectivity index (χ4v) is 2.43. The van der Waals surface area contributed by atoms with Crippen LogP contribution in [-0.4, -0.2) is 28.2 Å². The van der Waals surface area contributed by atoms with E-state index in [-0.39, 0.29) is 6.10 Å². The second-order valence-electron chi connectivity index (χ2n) is 5.05. The SMILES string of the molecule is COC(C)Cc1nc(N)nc(C2CCCCC2)n1. The smallest absolute Gasteiger partial charge is 0.223 e. The summed E-state index contributed by atoms with van der Waals surface area (Å²) < 4.78 is 5.24. The van der Waals surface area contributed by atoms with E-state index >= 15 is 0 Å². The zero-order valence-electron chi connectivity index (χ0n) is 11.2. The summed E-state index contributed by atoms with van der Waals surface area (Å²) in [4.78, 5) is 13.1. The minimum Gasteiger partial charge on any atom is -0.381 e. The molecule has 18 heavy (non-hydrogen) atoms. The van der Waals surface area contributed by atoms with Gasteiger partial charge in [0.2, 0.25) is 5.95 Å². The Balaban J connectivity index is 2.14. The first-order valence-electron chi connectivity index (χ1n) is 6.72. The van der Waals surface area contributed by atoms with E-state index in [9.17, 15) is 0 Å². The van der Waals surface area contributed by atoms with Crippen LogP contribution in [0.1, 0.15) is 56.6 Å². The summed E-state index contributed by atoms with van der Waals surface area (Å²) in [5, 5.41) is 0. The molecule has 1 aliphatic carbocycles. The topological polar surface area (TPSA) is 73.9 Å². The Labute approximate surface area is 108 Å². The molecule has 0 aromatic carbocycles. The van der Waals surface area contributed by atoms with E-state index in [1.165, 1.54) is 32.1 Å². The van der Waals surface area contributed by atoms with Crippen molar-refractivity contribution >= 4 is 5.95 Å². The molecule has 0 radical (unpaired) electrons. The van der Waals surface area contributed by atoms with Crippen molar-refractivity contribution in [3.8, 4) is 0 Å². The third-order valence-corrected chi connectivity index (χ3v) is 3.56. The molecule has 1 atom stereocenters. The number of rotatable bonds is 4. The van der Waals surface area contributed by atoms with Gasteiger partial charge in [0.25, 0.3) is 0 Å². The fraction of sp³-hybridized carbons (Fsp3) is 0.769. The Morgan fingerprint density at radius 3 is 2.61 bits per heavy atom. The van der Waals surface area contributed by atoms with Crippen molar-refractivity contribution in [1.82, 2.24) is 15.0 Å². The van der Waals surface area contributed by atoms with Crippen LogP contribution in [0.25, 0.3) is 0 Å². The summed E-state index contributed by atoms with van der Waals surface area (Å²) in [6.07, 6.45) is 6.98. The van der Waals surface area contributed by atoms with E-state index in [1.807, 2.05) is 6.92 Å². The van der Waals surface area contributed by atoms with Crippen LogP contribution >= 0.6 is 0 Å². The van der Waals surface area contributed by atoms with E-state index in [0.29, 0.717) is 18.3 Å². The molecule has 1 saturated carbocycles. The summed E-state index contributed by atoms with van der Waals surface area (Å²) in [7, 11) is 1.69. The molecule has 2 N–H and O–H groups in total. The van der Waals surface area contributed by atoms with Crippen molar-refractivity contribution < 1.29 is 4.74 Å². The van der Waals surface area contributed by atoms with E-state index in [0.717, 1.165) is 11.6 Å². The van der Waals surface area contributed by atoms with E-state index in [2.05, 4.69) is 15.0 Å². The van der Waals surface area contributed by atoms with Gasteiger partial charge in [-0.1, -0.05) is 19.3 Å². The molecule has 0 spiro atoms. The number of anilines is 1. The molecule has 100 valence electrons. The van der Waals surface area contributed by atoms with Crippen molar-refractivity contribution in [1.29, 1.82) is 0 Å². The highest BCUT2D eigenvalue weighted by Gasteiger charge is 2.20. The first-order chi connectivity index (χ1) is 8.69. The lowest BCUT2D eigenvalue weighted by molar-refractivity contribution is 0.117. The molecule has 0 amide bonds. The Morgan fingerprint density at radius 1 is 1.22 bits per heavy atom. The standard InChI is InChI=1S/C13H22N4O/c1-9(18-2)8-11-15-12(17-13(14)16-11)10-6-4-3-5-7-10/h9-10H,3-8H2,1-2H3,(H2,14,15,16,17). The maximum atomic E-state index is 5.78. The Hall–Kier alpha value is -1.23. The van der Waals surface area contributed by atoms with Crippen LogP contribution in [0.2, 0.25) is 0 Å². The predicted molar refractivity (Wildman–Crippen MR) is 70.2 cm³/mol. The van der Waals surface area contributed by atoms with Gasteiger partial charge in [-0.3, -0.25) is 0 Å². The summed E-state index contributed by atoms with van der Waals surface area (Å²) in [6, 6.07) is 0. The minimum absolute atomic E-state index is 0.103. The van der Waals surface area contributed by atoms with Crippen molar-refractivity contribution in [2.45, 2.75) is 57.5 Å². The highest BCUT2D eigenvalue weighted by Crippen LogP contribution is 2.30. The van der Waals surface area contributed by atoms with Crippen molar-refractivity contribution in [2.24, 2.45) is 0 Å². The monoisotopic (exact) mass is 250 g/mol. The molecule has 1 heterocycles. The third-order valence-electron chi connectivity index (χ3n) is 3.56. The second kappa shape index (κ2) is 6.09. The molecule has 2 rings (SSSR count). The van der Waals surface area contributed by atoms with Gasteiger partial charge in [0, 0.05) is 19.4 Å². The van der Waals surface area contributed by atoms with Gasteiger partial charge < -0.3 is 10.5 Å². The molecule has 0 bridgehead atoms. The lowest BCUT2D eigenvalue weighted by Crippen LogP contribution is -2.17. The number of nitrogens with two attached hydrogens (primary N) is 1. The average molecular weight is 250 g/mol. The number of nitrogens with zero attached hydrogens (tertiary/aromatic N) is 3. The number of ether oxygens (including phenoxy) is 1. The highest BCUT2D eigenvalue weighted by atomic mass is 16.5. The number of hydrogen-bond acceptors (Lipinski definition) is 5. The molecular formula is C13H22N4O. The summed E-state index contributed by atoms with van der Waals surface area (Å²) in [6.45, 7) is 2.00. The van der Waals surface area contributed by atoms with Gasteiger partial charge in [0.15, 0.2) is 0 Å². The molecular weight excluding hydrogens is 228 g/mol. The van der Waals surface area contributed by atoms with Crippen molar-refractivity contribution in [3.05, 3.63) is 11.6 Å². The molecule has 0 saturated heterocycles. The lowest BCUT2D eigenvalue weighted by atomic mass is 9.89. The largest absolute Gasteiger partial charge is 0.381 e. The quantitative estimate of drug-likeness (QED) is 0.885. The lowest BCUT2D eigenvalue weighted by Gasteiger charge is -2.20. The van der Waals surface area contributed by atoms with Gasteiger partial charge in [0.1, 0.15) is 11.6 Å². The van der Waals surface area contributed by atoms with Crippen LogP contribution in [0.15, 0.2) is 0 Å². The average Bonchev–Trinajstić information content (AvgIpc) is 2.39. The van der Waals surface area contributed by atoms with Crippen molar-refractivity contribution in [3.63, 3.8) is 0 Å². The third kappa shape index (κ3) is 3.38. The van der Waals surface area contributed by atoms with Crippen molar-refractivity contribution in [2.75, 3.05) is 12.8 Å². The maximum Gasteiger partial charge on any atom is 0.223 e. The van der Waals surface area contributed by atoms with Gasteiger partial charge in [-0.2, -0.15) is 9.97 Å². The molecule has 1 fully saturated rings. The molecule has 1 aromatic rings. The molecule has 1 aromatic heterocycles. The van der Waals surface area contributed by atoms with Crippen LogP contribution in [0.5, 0.6) is 0 Å². The second-order valence-corrected chi connectivity index (χ2v) is 5.05. The normalized spacial score (nSPS) is 18.8. The first-order valence-corrected chi connectivity index (χ1v) is 6.72. The zero-order valence-corrected chi connectivity index (χ0v) is 11.2. The van der Waals surface area contributed by atoms with E-state index < -0.39 is 0 Å². The van der Waals surface area contributed by atoms with Crippen LogP contribution in [-0.2, 0) is 11.2 Å². The molecule has 1 unspecified atom stereocenters. The van der Waals surface area contributed by atoms with Crippen LogP contribution < -0.4 is 5.73 Å². The van der Waals surface area contributed by atoms with E-state index in [1.54, 1.807) is 7.11 Å². The molecule has 5 nitrogen and oxygen atoms in total. The minimum atomic E-state index is 0.103. The van der Waals surface area contributed by atoms with Crippen LogP contribution in [0, 0.1) is 0 Å². The van der Waals surface area contributed by atoms with Crippen LogP contribution in [0.3, 0.4) is 0 Å². The molecule has 5 heteroatoms. The Kier molecular flexibility index (Phi) is 4.47.